The molecule has 3 aromatic carbocycles. The molecule has 198 valence electrons. The van der Waals surface area contributed by atoms with E-state index in [1.165, 1.54) is 13.0 Å². The van der Waals surface area contributed by atoms with Gasteiger partial charge < -0.3 is 25.6 Å². The van der Waals surface area contributed by atoms with Gasteiger partial charge in [-0.2, -0.15) is 0 Å². The normalized spacial score (nSPS) is 12.4. The Morgan fingerprint density at radius 2 is 1.66 bits per heavy atom. The lowest BCUT2D eigenvalue weighted by atomic mass is 9.96. The van der Waals surface area contributed by atoms with E-state index in [-0.39, 0.29) is 24.9 Å². The highest BCUT2D eigenvalue weighted by Gasteiger charge is 2.23. The quantitative estimate of drug-likeness (QED) is 0.160. The molecule has 2 amide bonds. The summed E-state index contributed by atoms with van der Waals surface area (Å²) in [6, 6.07) is 20.3. The van der Waals surface area contributed by atoms with Crippen molar-refractivity contribution in [2.24, 2.45) is 5.92 Å². The molecule has 0 heterocycles. The minimum absolute atomic E-state index is 0.0785. The van der Waals surface area contributed by atoms with Crippen LogP contribution in [0.5, 0.6) is 5.75 Å². The summed E-state index contributed by atoms with van der Waals surface area (Å²) in [4.78, 5) is 36.7. The van der Waals surface area contributed by atoms with Crippen LogP contribution in [0.3, 0.4) is 0 Å². The minimum Gasteiger partial charge on any atom is -0.491 e. The van der Waals surface area contributed by atoms with E-state index in [0.717, 1.165) is 0 Å². The number of ether oxygens (including phenoxy) is 2. The molecule has 38 heavy (non-hydrogen) atoms. The van der Waals surface area contributed by atoms with Gasteiger partial charge in [0, 0.05) is 17.2 Å². The molecule has 0 saturated carbocycles. The highest BCUT2D eigenvalue weighted by molar-refractivity contribution is 6.01. The molecule has 0 spiro atoms. The Balaban J connectivity index is 1.75. The largest absolute Gasteiger partial charge is 0.491 e. The van der Waals surface area contributed by atoms with Gasteiger partial charge in [0.15, 0.2) is 5.78 Å². The van der Waals surface area contributed by atoms with Crippen molar-refractivity contribution in [2.75, 3.05) is 29.6 Å². The van der Waals surface area contributed by atoms with Gasteiger partial charge in [-0.1, -0.05) is 37.3 Å². The number of hydrogen-bond donors (Lipinski definition) is 4. The van der Waals surface area contributed by atoms with E-state index in [9.17, 15) is 14.4 Å². The zero-order chi connectivity index (χ0) is 27.5. The van der Waals surface area contributed by atoms with Crippen LogP contribution in [0.25, 0.3) is 0 Å². The third kappa shape index (κ3) is 8.21. The van der Waals surface area contributed by atoms with Crippen molar-refractivity contribution >= 4 is 34.8 Å². The summed E-state index contributed by atoms with van der Waals surface area (Å²) in [6.45, 7) is 3.33. The number of nitrogen functional groups attached to an aromatic ring is 1. The predicted octanol–water partition coefficient (Wildman–Crippen LogP) is 4.96. The van der Waals surface area contributed by atoms with Gasteiger partial charge in [-0.05, 0) is 67.1 Å². The number of anilines is 3. The van der Waals surface area contributed by atoms with E-state index in [2.05, 4.69) is 10.6 Å². The maximum atomic E-state index is 12.8. The summed E-state index contributed by atoms with van der Waals surface area (Å²) in [5.74, 6) is -0.301. The maximum Gasteiger partial charge on any atom is 0.412 e. The lowest BCUT2D eigenvalue weighted by Crippen LogP contribution is -2.21. The molecule has 9 heteroatoms. The van der Waals surface area contributed by atoms with E-state index >= 15 is 0 Å². The molecule has 0 unspecified atom stereocenters. The van der Waals surface area contributed by atoms with Crippen LogP contribution in [0, 0.1) is 5.92 Å². The number of benzene rings is 3. The number of ketones is 1. The number of nitrogens with one attached hydrogen (secondary N) is 2. The van der Waals surface area contributed by atoms with E-state index in [4.69, 9.17) is 20.3 Å². The number of amides is 2. The van der Waals surface area contributed by atoms with Gasteiger partial charge in [0.2, 0.25) is 5.91 Å². The van der Waals surface area contributed by atoms with E-state index < -0.39 is 18.1 Å². The smallest absolute Gasteiger partial charge is 0.412 e. The lowest BCUT2D eigenvalue weighted by Gasteiger charge is -2.23. The maximum absolute atomic E-state index is 12.8. The Hall–Kier alpha value is -4.63. The van der Waals surface area contributed by atoms with Gasteiger partial charge >= 0.3 is 6.09 Å². The molecule has 2 atom stereocenters. The van der Waals surface area contributed by atoms with Crippen molar-refractivity contribution in [2.45, 2.75) is 20.0 Å². The average molecular weight is 518 g/mol. The number of para-hydroxylation sites is 2. The molecular formula is C29H31N3O6. The van der Waals surface area contributed by atoms with Gasteiger partial charge in [0.05, 0.1) is 18.0 Å². The summed E-state index contributed by atoms with van der Waals surface area (Å²) >= 11 is 0. The highest BCUT2D eigenvalue weighted by Crippen LogP contribution is 2.29. The van der Waals surface area contributed by atoms with Crippen LogP contribution in [0.2, 0.25) is 0 Å². The Morgan fingerprint density at radius 3 is 2.29 bits per heavy atom. The fourth-order valence-electron chi connectivity index (χ4n) is 3.57. The molecular weight excluding hydrogens is 486 g/mol. The fourth-order valence-corrected chi connectivity index (χ4v) is 3.57. The Labute approximate surface area is 221 Å². The average Bonchev–Trinajstić information content (AvgIpc) is 2.91. The van der Waals surface area contributed by atoms with Gasteiger partial charge in [0.1, 0.15) is 18.5 Å². The van der Waals surface area contributed by atoms with Gasteiger partial charge in [-0.3, -0.25) is 14.9 Å². The first-order valence-corrected chi connectivity index (χ1v) is 12.0. The number of carbonyl (C=O) groups excluding carboxylic acids is 3. The molecule has 9 nitrogen and oxygen atoms in total. The number of hydrogen-bond acceptors (Lipinski definition) is 7. The van der Waals surface area contributed by atoms with Crippen LogP contribution in [-0.2, 0) is 9.53 Å². The fraction of sp³-hybridized carbons (Fsp3) is 0.207. The Morgan fingerprint density at radius 1 is 0.974 bits per heavy atom. The van der Waals surface area contributed by atoms with Crippen LogP contribution in [-0.4, -0.2) is 36.1 Å². The van der Waals surface area contributed by atoms with Crippen LogP contribution in [0.4, 0.5) is 21.9 Å². The minimum atomic E-state index is -0.746. The van der Waals surface area contributed by atoms with Crippen LogP contribution in [0.15, 0.2) is 84.9 Å². The molecule has 0 aromatic heterocycles. The number of nitrogens with two attached hydrogens (primary N) is 1. The standard InChI is InChI=1S/C29H31N3O6/c1-19(7-16-27(35)32-26-6-4-3-5-25(26)30)28(22-10-14-24(15-11-22)37-18-17-33)38-29(36)31-23-12-8-21(9-13-23)20(2)34/h3-16,19,28,33H,17-18,30H2,1-2H3,(H,31,36)(H,32,35)/b16-7+/t19-,28-/m0/s1. The van der Waals surface area contributed by atoms with Gasteiger partial charge in [-0.25, -0.2) is 4.79 Å². The predicted molar refractivity (Wildman–Crippen MR) is 146 cm³/mol. The number of carbonyl (C=O) groups is 3. The van der Waals surface area contributed by atoms with Crippen LogP contribution in [0.1, 0.15) is 35.9 Å². The second kappa shape index (κ2) is 13.6. The molecule has 3 aromatic rings. The van der Waals surface area contributed by atoms with Crippen molar-refractivity contribution < 1.29 is 29.0 Å². The van der Waals surface area contributed by atoms with E-state index in [1.54, 1.807) is 78.9 Å². The Bertz CT molecular complexity index is 1270. The van der Waals surface area contributed by atoms with Crippen LogP contribution < -0.4 is 21.1 Å². The first kappa shape index (κ1) is 27.9. The van der Waals surface area contributed by atoms with Crippen molar-refractivity contribution in [1.29, 1.82) is 0 Å². The molecule has 5 N–H and O–H groups in total. The van der Waals surface area contributed by atoms with Crippen molar-refractivity contribution in [3.63, 3.8) is 0 Å². The third-order valence-corrected chi connectivity index (χ3v) is 5.59. The van der Waals surface area contributed by atoms with Crippen molar-refractivity contribution in [1.82, 2.24) is 0 Å². The second-order valence-corrected chi connectivity index (χ2v) is 8.52. The van der Waals surface area contributed by atoms with Gasteiger partial charge in [-0.15, -0.1) is 0 Å². The number of rotatable bonds is 11. The Kier molecular flexibility index (Phi) is 10.0. The SMILES string of the molecule is CC(=O)c1ccc(NC(=O)O[C@H](c2ccc(OCCO)cc2)[C@@H](C)/C=C/C(=O)Nc2ccccc2N)cc1. The summed E-state index contributed by atoms with van der Waals surface area (Å²) in [7, 11) is 0. The molecule has 0 radical (unpaired) electrons. The lowest BCUT2D eigenvalue weighted by molar-refractivity contribution is -0.111. The summed E-state index contributed by atoms with van der Waals surface area (Å²) in [5, 5.41) is 14.4. The number of aliphatic hydroxyl groups excluding tert-OH is 1. The topological polar surface area (TPSA) is 140 Å². The van der Waals surface area contributed by atoms with Crippen molar-refractivity contribution in [3.05, 3.63) is 96.1 Å². The highest BCUT2D eigenvalue weighted by atomic mass is 16.6. The zero-order valence-electron chi connectivity index (χ0n) is 21.2. The molecule has 0 fully saturated rings. The van der Waals surface area contributed by atoms with E-state index in [0.29, 0.717) is 33.9 Å². The molecule has 0 saturated heterocycles. The molecule has 0 aliphatic heterocycles. The third-order valence-electron chi connectivity index (χ3n) is 5.59. The number of aliphatic hydroxyl groups is 1. The van der Waals surface area contributed by atoms with Gasteiger partial charge in [0.25, 0.3) is 0 Å². The molecule has 0 bridgehead atoms. The second-order valence-electron chi connectivity index (χ2n) is 8.52. The molecule has 0 aliphatic rings. The summed E-state index contributed by atoms with van der Waals surface area (Å²) in [5.41, 5.74) is 8.50. The van der Waals surface area contributed by atoms with E-state index in [1.807, 2.05) is 6.92 Å². The monoisotopic (exact) mass is 517 g/mol. The molecule has 3 rings (SSSR count). The first-order valence-electron chi connectivity index (χ1n) is 12.0. The van der Waals surface area contributed by atoms with Crippen molar-refractivity contribution in [3.8, 4) is 5.75 Å². The molecule has 0 aliphatic carbocycles. The first-order chi connectivity index (χ1) is 18.3. The summed E-state index contributed by atoms with van der Waals surface area (Å²) in [6.07, 6.45) is 1.56. The summed E-state index contributed by atoms with van der Waals surface area (Å²) < 4.78 is 11.2. The number of Topliss-reactive ketones (excluding diaryl/α,β-unsaturated/α-hetero) is 1. The van der Waals surface area contributed by atoms with Crippen LogP contribution >= 0.6 is 0 Å². The zero-order valence-corrected chi connectivity index (χ0v) is 21.2.